The molecule has 0 spiro atoms. The average molecular weight is 255 g/mol. The maximum Gasteiger partial charge on any atom is 0.339 e. The molecule has 0 saturated carbocycles. The van der Waals surface area contributed by atoms with Crippen molar-refractivity contribution in [2.45, 2.75) is 18.6 Å². The predicted molar refractivity (Wildman–Crippen MR) is 64.6 cm³/mol. The molecule has 0 amide bonds. The summed E-state index contributed by atoms with van der Waals surface area (Å²) in [5, 5.41) is 28.8. The number of aliphatic hydroxyl groups is 2. The van der Waals surface area contributed by atoms with E-state index in [4.69, 9.17) is 15.6 Å². The molecule has 1 aromatic rings. The Hall–Kier alpha value is -1.63. The number of carboxylic acids is 1. The lowest BCUT2D eigenvalue weighted by atomic mass is 9.96. The van der Waals surface area contributed by atoms with Crippen molar-refractivity contribution in [3.05, 3.63) is 29.3 Å². The van der Waals surface area contributed by atoms with Gasteiger partial charge in [0.2, 0.25) is 0 Å². The molecule has 5 N–H and O–H groups in total. The lowest BCUT2D eigenvalue weighted by Gasteiger charge is -2.20. The largest absolute Gasteiger partial charge is 0.496 e. The molecule has 18 heavy (non-hydrogen) atoms. The van der Waals surface area contributed by atoms with Crippen molar-refractivity contribution in [3.8, 4) is 5.75 Å². The maximum atomic E-state index is 11.2. The van der Waals surface area contributed by atoms with Gasteiger partial charge in [-0.3, -0.25) is 0 Å². The summed E-state index contributed by atoms with van der Waals surface area (Å²) < 4.78 is 4.94. The zero-order chi connectivity index (χ0) is 13.7. The molecular weight excluding hydrogens is 238 g/mol. The highest BCUT2D eigenvalue weighted by Gasteiger charge is 2.25. The summed E-state index contributed by atoms with van der Waals surface area (Å²) in [5.74, 6) is -1.08. The molecule has 0 radical (unpaired) electrons. The summed E-state index contributed by atoms with van der Waals surface area (Å²) in [6.07, 6.45) is -2.24. The summed E-state index contributed by atoms with van der Waals surface area (Å²) in [5.41, 5.74) is 5.25. The summed E-state index contributed by atoms with van der Waals surface area (Å²) >= 11 is 0. The molecule has 6 heteroatoms. The SMILES string of the molecule is COc1cccc(C(O)C(O)CCN)c1C(=O)O. The fourth-order valence-electron chi connectivity index (χ4n) is 1.73. The smallest absolute Gasteiger partial charge is 0.339 e. The summed E-state index contributed by atoms with van der Waals surface area (Å²) in [4.78, 5) is 11.2. The van der Waals surface area contributed by atoms with Crippen LogP contribution in [0.4, 0.5) is 0 Å². The van der Waals surface area contributed by atoms with E-state index in [9.17, 15) is 15.0 Å². The van der Waals surface area contributed by atoms with Crippen molar-refractivity contribution in [2.24, 2.45) is 5.73 Å². The van der Waals surface area contributed by atoms with E-state index in [-0.39, 0.29) is 29.8 Å². The van der Waals surface area contributed by atoms with Gasteiger partial charge in [-0.2, -0.15) is 0 Å². The standard InChI is InChI=1S/C12H17NO5/c1-18-9-4-2-3-7(10(9)12(16)17)11(15)8(14)5-6-13/h2-4,8,11,14-15H,5-6,13H2,1H3,(H,16,17). The summed E-state index contributed by atoms with van der Waals surface area (Å²) in [6, 6.07) is 4.48. The molecule has 1 rings (SSSR count). The number of ether oxygens (including phenoxy) is 1. The quantitative estimate of drug-likeness (QED) is 0.575. The minimum Gasteiger partial charge on any atom is -0.496 e. The van der Waals surface area contributed by atoms with Crippen LogP contribution in [0.1, 0.15) is 28.4 Å². The van der Waals surface area contributed by atoms with Crippen LogP contribution in [0.25, 0.3) is 0 Å². The number of methoxy groups -OCH3 is 1. The molecule has 100 valence electrons. The highest BCUT2D eigenvalue weighted by Crippen LogP contribution is 2.29. The lowest BCUT2D eigenvalue weighted by Crippen LogP contribution is -2.23. The molecule has 0 fully saturated rings. The molecule has 2 unspecified atom stereocenters. The van der Waals surface area contributed by atoms with Gasteiger partial charge in [0.25, 0.3) is 0 Å². The Morgan fingerprint density at radius 1 is 1.44 bits per heavy atom. The Bertz CT molecular complexity index is 421. The first-order valence-electron chi connectivity index (χ1n) is 5.49. The normalized spacial score (nSPS) is 14.0. The number of rotatable bonds is 6. The first-order chi connectivity index (χ1) is 8.52. The van der Waals surface area contributed by atoms with Crippen LogP contribution in [0.5, 0.6) is 5.75 Å². The Labute approximate surface area is 105 Å². The van der Waals surface area contributed by atoms with E-state index in [1.54, 1.807) is 6.07 Å². The van der Waals surface area contributed by atoms with Crippen LogP contribution in [0.3, 0.4) is 0 Å². The molecule has 0 bridgehead atoms. The van der Waals surface area contributed by atoms with Crippen LogP contribution < -0.4 is 10.5 Å². The molecule has 0 heterocycles. The molecular formula is C12H17NO5. The minimum absolute atomic E-state index is 0.114. The molecule has 0 aliphatic rings. The van der Waals surface area contributed by atoms with Gasteiger partial charge < -0.3 is 25.8 Å². The molecule has 0 aliphatic carbocycles. The third-order valence-electron chi connectivity index (χ3n) is 2.64. The van der Waals surface area contributed by atoms with E-state index in [1.165, 1.54) is 19.2 Å². The van der Waals surface area contributed by atoms with Gasteiger partial charge in [0, 0.05) is 5.56 Å². The van der Waals surface area contributed by atoms with E-state index in [0.29, 0.717) is 0 Å². The Morgan fingerprint density at radius 3 is 2.61 bits per heavy atom. The van der Waals surface area contributed by atoms with Crippen molar-refractivity contribution in [2.75, 3.05) is 13.7 Å². The molecule has 6 nitrogen and oxygen atoms in total. The van der Waals surface area contributed by atoms with E-state index >= 15 is 0 Å². The van der Waals surface area contributed by atoms with Crippen LogP contribution in [0.2, 0.25) is 0 Å². The first-order valence-corrected chi connectivity index (χ1v) is 5.49. The average Bonchev–Trinajstić information content (AvgIpc) is 2.36. The predicted octanol–water partition coefficient (Wildman–Crippen LogP) is 0.136. The van der Waals surface area contributed by atoms with Crippen LogP contribution in [0, 0.1) is 0 Å². The van der Waals surface area contributed by atoms with Gasteiger partial charge in [0.15, 0.2) is 0 Å². The lowest BCUT2D eigenvalue weighted by molar-refractivity contribution is 0.0139. The van der Waals surface area contributed by atoms with Crippen molar-refractivity contribution >= 4 is 5.97 Å². The van der Waals surface area contributed by atoms with Gasteiger partial charge in [-0.25, -0.2) is 4.79 Å². The Morgan fingerprint density at radius 2 is 2.11 bits per heavy atom. The Balaban J connectivity index is 3.19. The first kappa shape index (κ1) is 14.4. The topological polar surface area (TPSA) is 113 Å². The molecule has 0 aliphatic heterocycles. The van der Waals surface area contributed by atoms with E-state index in [0.717, 1.165) is 0 Å². The summed E-state index contributed by atoms with van der Waals surface area (Å²) in [6.45, 7) is 0.199. The second kappa shape index (κ2) is 6.34. The number of hydrogen-bond acceptors (Lipinski definition) is 5. The zero-order valence-electron chi connectivity index (χ0n) is 10.0. The third-order valence-corrected chi connectivity index (χ3v) is 2.64. The molecule has 0 aromatic heterocycles. The number of nitrogens with two attached hydrogens (primary N) is 1. The van der Waals surface area contributed by atoms with Crippen LogP contribution in [0.15, 0.2) is 18.2 Å². The monoisotopic (exact) mass is 255 g/mol. The van der Waals surface area contributed by atoms with Gasteiger partial charge in [-0.05, 0) is 19.0 Å². The zero-order valence-corrected chi connectivity index (χ0v) is 10.0. The van der Waals surface area contributed by atoms with Crippen molar-refractivity contribution < 1.29 is 24.9 Å². The maximum absolute atomic E-state index is 11.2. The van der Waals surface area contributed by atoms with Crippen molar-refractivity contribution in [1.82, 2.24) is 0 Å². The van der Waals surface area contributed by atoms with E-state index in [1.807, 2.05) is 0 Å². The number of aliphatic hydroxyl groups excluding tert-OH is 2. The second-order valence-corrected chi connectivity index (χ2v) is 3.82. The van der Waals surface area contributed by atoms with Gasteiger partial charge in [0.1, 0.15) is 17.4 Å². The highest BCUT2D eigenvalue weighted by atomic mass is 16.5. The van der Waals surface area contributed by atoms with Crippen LogP contribution in [-0.2, 0) is 0 Å². The second-order valence-electron chi connectivity index (χ2n) is 3.82. The fourth-order valence-corrected chi connectivity index (χ4v) is 1.73. The van der Waals surface area contributed by atoms with E-state index < -0.39 is 18.2 Å². The van der Waals surface area contributed by atoms with Crippen LogP contribution >= 0.6 is 0 Å². The molecule has 0 saturated heterocycles. The molecule has 1 aromatic carbocycles. The highest BCUT2D eigenvalue weighted by molar-refractivity contribution is 5.92. The number of hydrogen-bond donors (Lipinski definition) is 4. The number of carbonyl (C=O) groups is 1. The summed E-state index contributed by atoms with van der Waals surface area (Å²) in [7, 11) is 1.34. The molecule has 2 atom stereocenters. The van der Waals surface area contributed by atoms with Crippen LogP contribution in [-0.4, -0.2) is 41.0 Å². The van der Waals surface area contributed by atoms with Gasteiger partial charge in [-0.15, -0.1) is 0 Å². The van der Waals surface area contributed by atoms with Gasteiger partial charge in [0.05, 0.1) is 13.2 Å². The third kappa shape index (κ3) is 2.98. The Kier molecular flexibility index (Phi) is 5.08. The number of aromatic carboxylic acids is 1. The minimum atomic E-state index is -1.31. The van der Waals surface area contributed by atoms with Gasteiger partial charge in [-0.1, -0.05) is 12.1 Å². The van der Waals surface area contributed by atoms with E-state index in [2.05, 4.69) is 0 Å². The fraction of sp³-hybridized carbons (Fsp3) is 0.417. The number of benzene rings is 1. The van der Waals surface area contributed by atoms with Crippen molar-refractivity contribution in [3.63, 3.8) is 0 Å². The van der Waals surface area contributed by atoms with Crippen molar-refractivity contribution in [1.29, 1.82) is 0 Å². The number of carboxylic acid groups (broad SMARTS) is 1. The van der Waals surface area contributed by atoms with Gasteiger partial charge >= 0.3 is 5.97 Å².